The number of aliphatic hydroxyl groups is 1. The van der Waals surface area contributed by atoms with Crippen LogP contribution >= 0.6 is 0 Å². The fraction of sp³-hybridized carbons (Fsp3) is 0.500. The van der Waals surface area contributed by atoms with Crippen LogP contribution in [0.4, 0.5) is 4.39 Å². The largest absolute Gasteiger partial charge is 0.383 e. The second-order valence-electron chi connectivity index (χ2n) is 3.79. The van der Waals surface area contributed by atoms with Crippen molar-refractivity contribution >= 4 is 0 Å². The first-order chi connectivity index (χ1) is 6.66. The van der Waals surface area contributed by atoms with Crippen molar-refractivity contribution in [3.8, 4) is 0 Å². The number of nitrogens with zero attached hydrogens (tertiary/aromatic N) is 1. The van der Waals surface area contributed by atoms with Gasteiger partial charge in [-0.25, -0.2) is 4.39 Å². The summed E-state index contributed by atoms with van der Waals surface area (Å²) in [5, 5.41) is 10.2. The van der Waals surface area contributed by atoms with Crippen molar-refractivity contribution in [3.63, 3.8) is 0 Å². The van der Waals surface area contributed by atoms with Gasteiger partial charge in [0.2, 0.25) is 0 Å². The number of rotatable bonds is 3. The van der Waals surface area contributed by atoms with Crippen LogP contribution in [0.5, 0.6) is 0 Å². The molecule has 0 bridgehead atoms. The van der Waals surface area contributed by atoms with Crippen LogP contribution in [-0.4, -0.2) is 16.6 Å². The van der Waals surface area contributed by atoms with Gasteiger partial charge in [-0.1, -0.05) is 0 Å². The summed E-state index contributed by atoms with van der Waals surface area (Å²) in [6.45, 7) is 0.114. The second-order valence-corrected chi connectivity index (χ2v) is 3.79. The molecule has 0 radical (unpaired) electrons. The normalized spacial score (nSPS) is 20.5. The Morgan fingerprint density at radius 1 is 1.57 bits per heavy atom. The van der Waals surface area contributed by atoms with Crippen molar-refractivity contribution in [2.45, 2.75) is 18.4 Å². The first-order valence-electron chi connectivity index (χ1n) is 4.70. The molecule has 2 rings (SSSR count). The summed E-state index contributed by atoms with van der Waals surface area (Å²) in [4.78, 5) is 3.72. The van der Waals surface area contributed by atoms with Crippen LogP contribution in [0.3, 0.4) is 0 Å². The fourth-order valence-electron chi connectivity index (χ4n) is 1.73. The molecule has 1 heterocycles. The molecule has 0 aromatic carbocycles. The molecule has 3 nitrogen and oxygen atoms in total. The highest BCUT2D eigenvalue weighted by atomic mass is 19.1. The van der Waals surface area contributed by atoms with E-state index in [1.54, 1.807) is 0 Å². The van der Waals surface area contributed by atoms with Crippen LogP contribution in [0.2, 0.25) is 0 Å². The lowest BCUT2D eigenvalue weighted by Gasteiger charge is -2.26. The van der Waals surface area contributed by atoms with Crippen molar-refractivity contribution in [3.05, 3.63) is 29.8 Å². The smallest absolute Gasteiger partial charge is 0.141 e. The van der Waals surface area contributed by atoms with Gasteiger partial charge >= 0.3 is 0 Å². The monoisotopic (exact) mass is 196 g/mol. The van der Waals surface area contributed by atoms with Crippen molar-refractivity contribution in [2.75, 3.05) is 6.54 Å². The predicted octanol–water partition coefficient (Wildman–Crippen LogP) is 0.777. The number of hydrogen-bond donors (Lipinski definition) is 2. The third kappa shape index (κ3) is 1.51. The van der Waals surface area contributed by atoms with Crippen molar-refractivity contribution in [1.29, 1.82) is 0 Å². The lowest BCUT2D eigenvalue weighted by atomic mass is 9.90. The van der Waals surface area contributed by atoms with Crippen molar-refractivity contribution < 1.29 is 9.50 Å². The topological polar surface area (TPSA) is 59.1 Å². The minimum atomic E-state index is -1.09. The van der Waals surface area contributed by atoms with Crippen molar-refractivity contribution in [2.24, 2.45) is 11.7 Å². The van der Waals surface area contributed by atoms with Crippen molar-refractivity contribution in [1.82, 2.24) is 4.98 Å². The Morgan fingerprint density at radius 3 is 2.79 bits per heavy atom. The van der Waals surface area contributed by atoms with Crippen LogP contribution in [0.15, 0.2) is 18.5 Å². The summed E-state index contributed by atoms with van der Waals surface area (Å²) in [6, 6.07) is 1.30. The van der Waals surface area contributed by atoms with Crippen LogP contribution in [0.1, 0.15) is 18.4 Å². The van der Waals surface area contributed by atoms with Gasteiger partial charge in [0.1, 0.15) is 11.4 Å². The predicted molar refractivity (Wildman–Crippen MR) is 49.9 cm³/mol. The summed E-state index contributed by atoms with van der Waals surface area (Å²) in [6.07, 6.45) is 4.50. The first kappa shape index (κ1) is 9.55. The Labute approximate surface area is 81.8 Å². The van der Waals surface area contributed by atoms with E-state index >= 15 is 0 Å². The van der Waals surface area contributed by atoms with Gasteiger partial charge in [0.05, 0.1) is 6.20 Å². The molecule has 0 aliphatic heterocycles. The van der Waals surface area contributed by atoms with Crippen LogP contribution < -0.4 is 5.73 Å². The fourth-order valence-corrected chi connectivity index (χ4v) is 1.73. The molecule has 76 valence electrons. The first-order valence-corrected chi connectivity index (χ1v) is 4.70. The number of pyridine rings is 1. The number of nitrogens with two attached hydrogens (primary N) is 1. The molecule has 0 saturated heterocycles. The Morgan fingerprint density at radius 2 is 2.29 bits per heavy atom. The van der Waals surface area contributed by atoms with Crippen LogP contribution in [0.25, 0.3) is 0 Å². The average molecular weight is 196 g/mol. The van der Waals surface area contributed by atoms with E-state index in [0.29, 0.717) is 5.56 Å². The van der Waals surface area contributed by atoms with Gasteiger partial charge in [-0.15, -0.1) is 0 Å². The number of hydrogen-bond acceptors (Lipinski definition) is 3. The molecule has 1 aromatic heterocycles. The standard InChI is InChI=1S/C10H13FN2O/c11-9-3-8(4-13-5-9)10(14,6-12)7-1-2-7/h3-5,7,14H,1-2,6,12H2. The van der Waals surface area contributed by atoms with E-state index in [2.05, 4.69) is 4.98 Å². The van der Waals surface area contributed by atoms with E-state index in [1.807, 2.05) is 0 Å². The lowest BCUT2D eigenvalue weighted by Crippen LogP contribution is -2.37. The maximum absolute atomic E-state index is 12.9. The average Bonchev–Trinajstić information content (AvgIpc) is 3.00. The minimum absolute atomic E-state index is 0.114. The van der Waals surface area contributed by atoms with E-state index in [-0.39, 0.29) is 12.5 Å². The van der Waals surface area contributed by atoms with Gasteiger partial charge < -0.3 is 10.8 Å². The molecule has 0 amide bonds. The number of halogens is 1. The zero-order valence-corrected chi connectivity index (χ0v) is 7.78. The Balaban J connectivity index is 2.35. The summed E-state index contributed by atoms with van der Waals surface area (Å²) >= 11 is 0. The molecule has 0 spiro atoms. The molecule has 1 unspecified atom stereocenters. The van der Waals surface area contributed by atoms with E-state index in [9.17, 15) is 9.50 Å². The highest BCUT2D eigenvalue weighted by Crippen LogP contribution is 2.44. The van der Waals surface area contributed by atoms with E-state index < -0.39 is 11.4 Å². The summed E-state index contributed by atoms with van der Waals surface area (Å²) in [5.74, 6) is -0.272. The third-order valence-electron chi connectivity index (χ3n) is 2.77. The van der Waals surface area contributed by atoms with E-state index in [0.717, 1.165) is 19.0 Å². The van der Waals surface area contributed by atoms with E-state index in [1.165, 1.54) is 12.3 Å². The molecular weight excluding hydrogens is 183 g/mol. The molecule has 1 saturated carbocycles. The quantitative estimate of drug-likeness (QED) is 0.751. The Bertz CT molecular complexity index is 341. The summed E-state index contributed by atoms with van der Waals surface area (Å²) in [7, 11) is 0. The highest BCUT2D eigenvalue weighted by Gasteiger charge is 2.44. The zero-order valence-electron chi connectivity index (χ0n) is 7.78. The Kier molecular flexibility index (Phi) is 2.25. The molecule has 14 heavy (non-hydrogen) atoms. The zero-order chi connectivity index (χ0) is 10.2. The summed E-state index contributed by atoms with van der Waals surface area (Å²) < 4.78 is 12.9. The van der Waals surface area contributed by atoms with Gasteiger partial charge in [0.25, 0.3) is 0 Å². The molecule has 1 aromatic rings. The van der Waals surface area contributed by atoms with Gasteiger partial charge in [-0.05, 0) is 24.8 Å². The van der Waals surface area contributed by atoms with Crippen LogP contribution in [0, 0.1) is 11.7 Å². The van der Waals surface area contributed by atoms with E-state index in [4.69, 9.17) is 5.73 Å². The third-order valence-corrected chi connectivity index (χ3v) is 2.77. The molecule has 4 heteroatoms. The minimum Gasteiger partial charge on any atom is -0.383 e. The molecule has 1 aliphatic rings. The lowest BCUT2D eigenvalue weighted by molar-refractivity contribution is 0.0216. The Hall–Kier alpha value is -1.00. The molecule has 1 atom stereocenters. The second kappa shape index (κ2) is 3.29. The van der Waals surface area contributed by atoms with Gasteiger partial charge in [0.15, 0.2) is 0 Å². The highest BCUT2D eigenvalue weighted by molar-refractivity contribution is 5.22. The SMILES string of the molecule is NCC(O)(c1cncc(F)c1)C1CC1. The molecule has 1 fully saturated rings. The molecule has 1 aliphatic carbocycles. The van der Waals surface area contributed by atoms with Gasteiger partial charge in [-0.3, -0.25) is 4.98 Å². The maximum Gasteiger partial charge on any atom is 0.141 e. The van der Waals surface area contributed by atoms with Crippen LogP contribution in [-0.2, 0) is 5.60 Å². The van der Waals surface area contributed by atoms with Gasteiger partial charge in [0, 0.05) is 18.3 Å². The molecular formula is C10H13FN2O. The maximum atomic E-state index is 12.9. The van der Waals surface area contributed by atoms with Gasteiger partial charge in [-0.2, -0.15) is 0 Å². The summed E-state index contributed by atoms with van der Waals surface area (Å²) in [5.41, 5.74) is 4.93. The molecule has 3 N–H and O–H groups in total. The number of aromatic nitrogens is 1.